The van der Waals surface area contributed by atoms with Gasteiger partial charge in [-0.2, -0.15) is 0 Å². The summed E-state index contributed by atoms with van der Waals surface area (Å²) >= 11 is 1.46. The van der Waals surface area contributed by atoms with Crippen molar-refractivity contribution in [2.24, 2.45) is 0 Å². The molecule has 0 fully saturated rings. The summed E-state index contributed by atoms with van der Waals surface area (Å²) in [6.07, 6.45) is 2.18. The van der Waals surface area contributed by atoms with Gasteiger partial charge in [-0.15, -0.1) is 11.3 Å². The number of hydrogen-bond donors (Lipinski definition) is 2. The first-order chi connectivity index (χ1) is 9.83. The molecule has 0 aliphatic heterocycles. The molecule has 0 saturated heterocycles. The second-order valence-electron chi connectivity index (χ2n) is 4.62. The van der Waals surface area contributed by atoms with Gasteiger partial charge in [0.2, 0.25) is 10.0 Å². The zero-order valence-electron chi connectivity index (χ0n) is 11.7. The third-order valence-electron chi connectivity index (χ3n) is 3.09. The number of hydrogen-bond acceptors (Lipinski definition) is 5. The van der Waals surface area contributed by atoms with Gasteiger partial charge in [-0.05, 0) is 31.0 Å². The molecule has 114 valence electrons. The topological polar surface area (TPSA) is 85.1 Å². The van der Waals surface area contributed by atoms with Crippen LogP contribution in [-0.4, -0.2) is 19.9 Å². The minimum atomic E-state index is -3.73. The molecule has 0 spiro atoms. The van der Waals surface area contributed by atoms with Gasteiger partial charge in [0.15, 0.2) is 0 Å². The summed E-state index contributed by atoms with van der Waals surface area (Å²) in [6.45, 7) is 3.28. The molecule has 1 aromatic carbocycles. The Kier molecular flexibility index (Phi) is 4.60. The lowest BCUT2D eigenvalue weighted by atomic mass is 10.1. The molecule has 3 N–H and O–H groups in total. The first kappa shape index (κ1) is 15.9. The second kappa shape index (κ2) is 6.08. The van der Waals surface area contributed by atoms with E-state index in [1.54, 1.807) is 13.1 Å². The Morgan fingerprint density at radius 3 is 2.76 bits per heavy atom. The average molecular weight is 329 g/mol. The highest BCUT2D eigenvalue weighted by molar-refractivity contribution is 7.89. The van der Waals surface area contributed by atoms with Crippen molar-refractivity contribution in [1.29, 1.82) is 0 Å². The summed E-state index contributed by atoms with van der Waals surface area (Å²) < 4.78 is 40.7. The number of aromatic nitrogens is 1. The second-order valence-corrected chi connectivity index (χ2v) is 7.30. The van der Waals surface area contributed by atoms with E-state index in [1.165, 1.54) is 18.3 Å². The van der Waals surface area contributed by atoms with Crippen LogP contribution in [0.4, 0.5) is 10.1 Å². The SMILES string of the molecule is Cc1cc(F)c(N)c(C)c1S(=O)(=O)NCCc1nccs1. The summed E-state index contributed by atoms with van der Waals surface area (Å²) in [5.74, 6) is -0.605. The Morgan fingerprint density at radius 2 is 2.14 bits per heavy atom. The molecule has 0 unspecified atom stereocenters. The minimum absolute atomic E-state index is 0.0422. The molecule has 1 aromatic heterocycles. The number of aryl methyl sites for hydroxylation is 1. The van der Waals surface area contributed by atoms with E-state index < -0.39 is 15.8 Å². The van der Waals surface area contributed by atoms with E-state index in [2.05, 4.69) is 9.71 Å². The van der Waals surface area contributed by atoms with Gasteiger partial charge in [-0.25, -0.2) is 22.5 Å². The van der Waals surface area contributed by atoms with E-state index in [0.717, 1.165) is 11.1 Å². The fourth-order valence-electron chi connectivity index (χ4n) is 2.08. The van der Waals surface area contributed by atoms with E-state index in [4.69, 9.17) is 5.73 Å². The molecular formula is C13H16FN3O2S2. The Hall–Kier alpha value is -1.51. The van der Waals surface area contributed by atoms with E-state index in [-0.39, 0.29) is 22.7 Å². The summed E-state index contributed by atoms with van der Waals surface area (Å²) in [6, 6.07) is 1.14. The lowest BCUT2D eigenvalue weighted by Gasteiger charge is -2.14. The summed E-state index contributed by atoms with van der Waals surface area (Å²) in [5, 5.41) is 2.68. The van der Waals surface area contributed by atoms with Crippen LogP contribution in [0.3, 0.4) is 0 Å². The van der Waals surface area contributed by atoms with Crippen LogP contribution in [0.5, 0.6) is 0 Å². The standard InChI is InChI=1S/C13H16FN3O2S2/c1-8-7-10(14)12(15)9(2)13(8)21(18,19)17-4-3-11-16-5-6-20-11/h5-7,17H,3-4,15H2,1-2H3. The van der Waals surface area contributed by atoms with Crippen molar-refractivity contribution in [3.8, 4) is 0 Å². The highest BCUT2D eigenvalue weighted by Crippen LogP contribution is 2.27. The lowest BCUT2D eigenvalue weighted by Crippen LogP contribution is -2.27. The number of halogens is 1. The first-order valence-corrected chi connectivity index (χ1v) is 8.62. The van der Waals surface area contributed by atoms with Crippen LogP contribution in [0.1, 0.15) is 16.1 Å². The molecule has 5 nitrogen and oxygen atoms in total. The average Bonchev–Trinajstić information content (AvgIpc) is 2.88. The van der Waals surface area contributed by atoms with Crippen molar-refractivity contribution in [2.75, 3.05) is 12.3 Å². The number of nitrogens with two attached hydrogens (primary N) is 1. The molecule has 0 aliphatic carbocycles. The number of benzene rings is 1. The Bertz CT molecular complexity index is 743. The van der Waals surface area contributed by atoms with Crippen LogP contribution in [0.25, 0.3) is 0 Å². The third kappa shape index (κ3) is 3.39. The van der Waals surface area contributed by atoms with Crippen LogP contribution in [0, 0.1) is 19.7 Å². The van der Waals surface area contributed by atoms with Crippen LogP contribution < -0.4 is 10.5 Å². The molecule has 0 atom stereocenters. The normalized spacial score (nSPS) is 11.8. The van der Waals surface area contributed by atoms with Crippen molar-refractivity contribution in [1.82, 2.24) is 9.71 Å². The maximum absolute atomic E-state index is 13.5. The molecule has 8 heteroatoms. The zero-order valence-corrected chi connectivity index (χ0v) is 13.3. The van der Waals surface area contributed by atoms with Crippen molar-refractivity contribution in [2.45, 2.75) is 25.2 Å². The number of anilines is 1. The monoisotopic (exact) mass is 329 g/mol. The molecule has 0 saturated carbocycles. The van der Waals surface area contributed by atoms with Crippen LogP contribution in [-0.2, 0) is 16.4 Å². The predicted octanol–water partition coefficient (Wildman–Crippen LogP) is 2.00. The van der Waals surface area contributed by atoms with E-state index in [9.17, 15) is 12.8 Å². The first-order valence-electron chi connectivity index (χ1n) is 6.26. The Labute approximate surface area is 127 Å². The van der Waals surface area contributed by atoms with E-state index in [0.29, 0.717) is 12.0 Å². The van der Waals surface area contributed by atoms with Crippen molar-refractivity contribution in [3.05, 3.63) is 39.6 Å². The van der Waals surface area contributed by atoms with Crippen LogP contribution >= 0.6 is 11.3 Å². The lowest BCUT2D eigenvalue weighted by molar-refractivity contribution is 0.579. The van der Waals surface area contributed by atoms with Gasteiger partial charge in [0.05, 0.1) is 15.6 Å². The highest BCUT2D eigenvalue weighted by atomic mass is 32.2. The summed E-state index contributed by atoms with van der Waals surface area (Å²) in [5.41, 5.74) is 6.01. The fourth-order valence-corrected chi connectivity index (χ4v) is 4.22. The zero-order chi connectivity index (χ0) is 15.6. The van der Waals surface area contributed by atoms with E-state index >= 15 is 0 Å². The number of sulfonamides is 1. The molecule has 1 heterocycles. The third-order valence-corrected chi connectivity index (χ3v) is 5.68. The molecule has 0 radical (unpaired) electrons. The number of nitrogen functional groups attached to an aromatic ring is 1. The Balaban J connectivity index is 2.22. The van der Waals surface area contributed by atoms with E-state index in [1.807, 2.05) is 5.38 Å². The number of thiazole rings is 1. The van der Waals surface area contributed by atoms with Gasteiger partial charge in [0.25, 0.3) is 0 Å². The summed E-state index contributed by atoms with van der Waals surface area (Å²) in [4.78, 5) is 4.13. The number of nitrogens with one attached hydrogen (secondary N) is 1. The van der Waals surface area contributed by atoms with Gasteiger partial charge in [-0.3, -0.25) is 0 Å². The van der Waals surface area contributed by atoms with Crippen molar-refractivity contribution in [3.63, 3.8) is 0 Å². The minimum Gasteiger partial charge on any atom is -0.396 e. The molecular weight excluding hydrogens is 313 g/mol. The molecule has 0 bridgehead atoms. The summed E-state index contributed by atoms with van der Waals surface area (Å²) in [7, 11) is -3.73. The largest absolute Gasteiger partial charge is 0.396 e. The van der Waals surface area contributed by atoms with Crippen LogP contribution in [0.2, 0.25) is 0 Å². The van der Waals surface area contributed by atoms with Gasteiger partial charge < -0.3 is 5.73 Å². The van der Waals surface area contributed by atoms with Gasteiger partial charge in [0.1, 0.15) is 5.82 Å². The van der Waals surface area contributed by atoms with Crippen molar-refractivity contribution < 1.29 is 12.8 Å². The molecule has 2 rings (SSSR count). The van der Waals surface area contributed by atoms with Crippen molar-refractivity contribution >= 4 is 27.0 Å². The quantitative estimate of drug-likeness (QED) is 0.822. The molecule has 21 heavy (non-hydrogen) atoms. The maximum Gasteiger partial charge on any atom is 0.241 e. The van der Waals surface area contributed by atoms with Crippen LogP contribution in [0.15, 0.2) is 22.5 Å². The van der Waals surface area contributed by atoms with Gasteiger partial charge >= 0.3 is 0 Å². The number of rotatable bonds is 5. The smallest absolute Gasteiger partial charge is 0.241 e. The maximum atomic E-state index is 13.5. The fraction of sp³-hybridized carbons (Fsp3) is 0.308. The molecule has 0 aliphatic rings. The predicted molar refractivity (Wildman–Crippen MR) is 81.3 cm³/mol. The molecule has 0 amide bonds. The number of nitrogens with zero attached hydrogens (tertiary/aromatic N) is 1. The Morgan fingerprint density at radius 1 is 1.43 bits per heavy atom. The van der Waals surface area contributed by atoms with Gasteiger partial charge in [-0.1, -0.05) is 0 Å². The van der Waals surface area contributed by atoms with Gasteiger partial charge in [0, 0.05) is 24.5 Å². The highest BCUT2D eigenvalue weighted by Gasteiger charge is 2.22. The molecule has 2 aromatic rings.